The molecule has 0 unspecified atom stereocenters. The molecular weight excluding hydrogens is 204 g/mol. The van der Waals surface area contributed by atoms with Crippen molar-refractivity contribution in [3.05, 3.63) is 70.8 Å². The maximum Gasteiger partial charge on any atom is 0.0127 e. The lowest BCUT2D eigenvalue weighted by Gasteiger charge is -2.39. The molecule has 1 saturated carbocycles. The van der Waals surface area contributed by atoms with Gasteiger partial charge in [0.1, 0.15) is 0 Å². The zero-order chi connectivity index (χ0) is 11.0. The quantitative estimate of drug-likeness (QED) is 0.629. The molecule has 4 aliphatic carbocycles. The minimum atomic E-state index is 0.706. The average molecular weight is 218 g/mol. The summed E-state index contributed by atoms with van der Waals surface area (Å²) in [7, 11) is 0. The Morgan fingerprint density at radius 2 is 0.941 bits per heavy atom. The van der Waals surface area contributed by atoms with E-state index in [-0.39, 0.29) is 0 Å². The molecule has 82 valence electrons. The Kier molecular flexibility index (Phi) is 1.32. The second kappa shape index (κ2) is 2.64. The summed E-state index contributed by atoms with van der Waals surface area (Å²) in [6.07, 6.45) is 1.44. The van der Waals surface area contributed by atoms with Crippen LogP contribution in [0.15, 0.2) is 48.5 Å². The summed E-state index contributed by atoms with van der Waals surface area (Å²) >= 11 is 0. The Hall–Kier alpha value is -1.56. The van der Waals surface area contributed by atoms with Gasteiger partial charge in [0.25, 0.3) is 0 Å². The number of benzene rings is 2. The first-order chi connectivity index (χ1) is 8.45. The van der Waals surface area contributed by atoms with Crippen LogP contribution in [-0.4, -0.2) is 0 Å². The molecule has 1 fully saturated rings. The molecule has 0 heteroatoms. The number of hydrogen-bond donors (Lipinski definition) is 0. The zero-order valence-electron chi connectivity index (χ0n) is 9.64. The summed E-state index contributed by atoms with van der Waals surface area (Å²) in [4.78, 5) is 0. The fraction of sp³-hybridized carbons (Fsp3) is 0.294. The van der Waals surface area contributed by atoms with E-state index in [9.17, 15) is 0 Å². The summed E-state index contributed by atoms with van der Waals surface area (Å²) in [6.45, 7) is 0. The lowest BCUT2D eigenvalue weighted by atomic mass is 9.64. The molecule has 17 heavy (non-hydrogen) atoms. The molecule has 0 saturated heterocycles. The van der Waals surface area contributed by atoms with Gasteiger partial charge in [0.2, 0.25) is 0 Å². The van der Waals surface area contributed by atoms with Crippen molar-refractivity contribution in [2.45, 2.75) is 18.3 Å². The van der Waals surface area contributed by atoms with Gasteiger partial charge < -0.3 is 0 Å². The van der Waals surface area contributed by atoms with E-state index in [0.717, 1.165) is 11.8 Å². The van der Waals surface area contributed by atoms with Gasteiger partial charge in [0, 0.05) is 11.8 Å². The molecule has 6 rings (SSSR count). The van der Waals surface area contributed by atoms with Crippen molar-refractivity contribution in [2.75, 3.05) is 0 Å². The van der Waals surface area contributed by atoms with Crippen LogP contribution in [0.2, 0.25) is 0 Å². The van der Waals surface area contributed by atoms with Crippen molar-refractivity contribution >= 4 is 0 Å². The van der Waals surface area contributed by atoms with Gasteiger partial charge in [-0.3, -0.25) is 0 Å². The van der Waals surface area contributed by atoms with E-state index in [2.05, 4.69) is 48.5 Å². The SMILES string of the molecule is c1ccc2c(c1)C1c3ccccc3C2[C@H]2C[C@H]12. The highest BCUT2D eigenvalue weighted by Crippen LogP contribution is 2.68. The topological polar surface area (TPSA) is 0 Å². The van der Waals surface area contributed by atoms with Gasteiger partial charge in [-0.15, -0.1) is 0 Å². The third kappa shape index (κ3) is 0.878. The smallest absolute Gasteiger partial charge is 0.0127 e. The highest BCUT2D eigenvalue weighted by molar-refractivity contribution is 5.58. The molecule has 2 bridgehead atoms. The minimum absolute atomic E-state index is 0.706. The number of hydrogen-bond acceptors (Lipinski definition) is 0. The highest BCUT2D eigenvalue weighted by atomic mass is 14.6. The molecule has 4 aliphatic rings. The van der Waals surface area contributed by atoms with Crippen molar-refractivity contribution in [1.82, 2.24) is 0 Å². The van der Waals surface area contributed by atoms with Crippen LogP contribution in [0, 0.1) is 11.8 Å². The zero-order valence-corrected chi connectivity index (χ0v) is 9.64. The van der Waals surface area contributed by atoms with E-state index in [1.54, 1.807) is 22.3 Å². The number of rotatable bonds is 0. The van der Waals surface area contributed by atoms with E-state index < -0.39 is 0 Å². The molecule has 0 N–H and O–H groups in total. The Morgan fingerprint density at radius 1 is 0.588 bits per heavy atom. The maximum absolute atomic E-state index is 2.36. The third-order valence-electron chi connectivity index (χ3n) is 5.08. The summed E-state index contributed by atoms with van der Waals surface area (Å²) in [6, 6.07) is 18.3. The van der Waals surface area contributed by atoms with Crippen molar-refractivity contribution in [3.63, 3.8) is 0 Å². The highest BCUT2D eigenvalue weighted by Gasteiger charge is 2.57. The van der Waals surface area contributed by atoms with Crippen molar-refractivity contribution in [3.8, 4) is 0 Å². The molecule has 2 atom stereocenters. The largest absolute Gasteiger partial charge is 0.0620 e. The fourth-order valence-electron chi connectivity index (χ4n) is 4.41. The lowest BCUT2D eigenvalue weighted by Crippen LogP contribution is -2.26. The maximum atomic E-state index is 2.36. The molecular formula is C17H14. The first kappa shape index (κ1) is 8.52. The summed E-state index contributed by atoms with van der Waals surface area (Å²) in [5.41, 5.74) is 6.48. The van der Waals surface area contributed by atoms with E-state index in [1.165, 1.54) is 6.42 Å². The van der Waals surface area contributed by atoms with Crippen molar-refractivity contribution in [2.24, 2.45) is 11.8 Å². The Labute approximate surface area is 101 Å². The third-order valence-corrected chi connectivity index (χ3v) is 5.08. The Morgan fingerprint density at radius 3 is 1.29 bits per heavy atom. The van der Waals surface area contributed by atoms with Gasteiger partial charge in [0.05, 0.1) is 0 Å². The molecule has 0 aliphatic heterocycles. The van der Waals surface area contributed by atoms with Crippen LogP contribution in [-0.2, 0) is 0 Å². The Balaban J connectivity index is 1.89. The molecule has 0 radical (unpaired) electrons. The monoisotopic (exact) mass is 218 g/mol. The van der Waals surface area contributed by atoms with E-state index >= 15 is 0 Å². The van der Waals surface area contributed by atoms with Crippen molar-refractivity contribution < 1.29 is 0 Å². The van der Waals surface area contributed by atoms with Gasteiger partial charge in [-0.05, 0) is 40.5 Å². The van der Waals surface area contributed by atoms with Crippen LogP contribution in [0.1, 0.15) is 40.5 Å². The van der Waals surface area contributed by atoms with Gasteiger partial charge >= 0.3 is 0 Å². The molecule has 0 heterocycles. The van der Waals surface area contributed by atoms with Crippen LogP contribution in [0.4, 0.5) is 0 Å². The van der Waals surface area contributed by atoms with Gasteiger partial charge in [-0.25, -0.2) is 0 Å². The summed E-state index contributed by atoms with van der Waals surface area (Å²) in [5, 5.41) is 0. The molecule has 0 nitrogen and oxygen atoms in total. The van der Waals surface area contributed by atoms with Gasteiger partial charge in [-0.2, -0.15) is 0 Å². The van der Waals surface area contributed by atoms with E-state index in [4.69, 9.17) is 0 Å². The summed E-state index contributed by atoms with van der Waals surface area (Å²) in [5.74, 6) is 3.31. The lowest BCUT2D eigenvalue weighted by molar-refractivity contribution is 0.491. The minimum Gasteiger partial charge on any atom is -0.0620 e. The normalized spacial score (nSPS) is 34.8. The summed E-state index contributed by atoms with van der Waals surface area (Å²) < 4.78 is 0. The van der Waals surface area contributed by atoms with Crippen molar-refractivity contribution in [1.29, 1.82) is 0 Å². The van der Waals surface area contributed by atoms with Crippen LogP contribution < -0.4 is 0 Å². The molecule has 0 spiro atoms. The fourth-order valence-corrected chi connectivity index (χ4v) is 4.41. The average Bonchev–Trinajstić information content (AvgIpc) is 3.18. The predicted octanol–water partition coefficient (Wildman–Crippen LogP) is 3.91. The van der Waals surface area contributed by atoms with Crippen LogP contribution in [0.5, 0.6) is 0 Å². The van der Waals surface area contributed by atoms with Gasteiger partial charge in [0.15, 0.2) is 0 Å². The molecule has 0 aromatic heterocycles. The second-order valence-corrected chi connectivity index (χ2v) is 5.78. The van der Waals surface area contributed by atoms with E-state index in [0.29, 0.717) is 11.8 Å². The Bertz CT molecular complexity index is 524. The van der Waals surface area contributed by atoms with E-state index in [1.807, 2.05) is 0 Å². The molecule has 0 amide bonds. The molecule has 2 aromatic carbocycles. The first-order valence-corrected chi connectivity index (χ1v) is 6.63. The van der Waals surface area contributed by atoms with Gasteiger partial charge in [-0.1, -0.05) is 48.5 Å². The van der Waals surface area contributed by atoms with Crippen LogP contribution >= 0.6 is 0 Å². The molecule has 2 aromatic rings. The van der Waals surface area contributed by atoms with Crippen LogP contribution in [0.3, 0.4) is 0 Å². The standard InChI is InChI=1S/C17H14/c1-2-6-11-10(5-1)16-12-7-3-4-8-13(12)17(11)15-9-14(15)16/h1-8,14-17H,9H2/t14-,15-,16?,17?/m0/s1. The second-order valence-electron chi connectivity index (χ2n) is 5.78. The van der Waals surface area contributed by atoms with Crippen LogP contribution in [0.25, 0.3) is 0 Å². The predicted molar refractivity (Wildman–Crippen MR) is 68.2 cm³/mol. The first-order valence-electron chi connectivity index (χ1n) is 6.63.